The first kappa shape index (κ1) is 15.5. The summed E-state index contributed by atoms with van der Waals surface area (Å²) in [6.45, 7) is 2.27. The molecule has 0 heterocycles. The fraction of sp³-hybridized carbons (Fsp3) is 0.938. The van der Waals surface area contributed by atoms with Gasteiger partial charge in [0, 0.05) is 5.92 Å². The minimum absolute atomic E-state index is 0.587. The first-order valence-corrected chi connectivity index (χ1v) is 8.09. The highest BCUT2D eigenvalue weighted by molar-refractivity contribution is 5.86. The Bertz CT molecular complexity index is 225. The quantitative estimate of drug-likeness (QED) is 0.327. The molecule has 106 valence electrons. The van der Waals surface area contributed by atoms with Crippen molar-refractivity contribution in [2.45, 2.75) is 90.4 Å². The molecule has 1 saturated carbocycles. The van der Waals surface area contributed by atoms with Crippen LogP contribution in [0, 0.1) is 5.92 Å². The zero-order valence-electron chi connectivity index (χ0n) is 12.2. The van der Waals surface area contributed by atoms with Gasteiger partial charge in [-0.3, -0.25) is 0 Å². The van der Waals surface area contributed by atoms with Gasteiger partial charge >= 0.3 is 0 Å². The Kier molecular flexibility index (Phi) is 8.97. The van der Waals surface area contributed by atoms with Gasteiger partial charge in [-0.2, -0.15) is 0 Å². The van der Waals surface area contributed by atoms with E-state index >= 15 is 0 Å². The van der Waals surface area contributed by atoms with E-state index in [1.165, 1.54) is 77.0 Å². The molecule has 2 nitrogen and oxygen atoms in total. The van der Waals surface area contributed by atoms with Crippen molar-refractivity contribution in [2.75, 3.05) is 0 Å². The average Bonchev–Trinajstić information content (AvgIpc) is 2.42. The number of unbranched alkanes of at least 4 members (excludes halogenated alkanes) is 7. The fourth-order valence-corrected chi connectivity index (χ4v) is 3.03. The summed E-state index contributed by atoms with van der Waals surface area (Å²) in [5.74, 6) is 0.587. The van der Waals surface area contributed by atoms with Crippen LogP contribution in [0.3, 0.4) is 0 Å². The second-order valence-electron chi connectivity index (χ2n) is 5.80. The molecule has 2 heteroatoms. The Morgan fingerprint density at radius 3 is 2.33 bits per heavy atom. The van der Waals surface area contributed by atoms with Gasteiger partial charge in [0.2, 0.25) is 0 Å². The highest BCUT2D eigenvalue weighted by atomic mass is 16.4. The van der Waals surface area contributed by atoms with Crippen LogP contribution in [-0.4, -0.2) is 10.9 Å². The largest absolute Gasteiger partial charge is 0.411 e. The molecule has 0 amide bonds. The smallest absolute Gasteiger partial charge is 0.0601 e. The van der Waals surface area contributed by atoms with E-state index in [9.17, 15) is 0 Å². The molecule has 1 rings (SSSR count). The minimum Gasteiger partial charge on any atom is -0.411 e. The van der Waals surface area contributed by atoms with E-state index in [0.29, 0.717) is 5.92 Å². The zero-order valence-corrected chi connectivity index (χ0v) is 12.2. The predicted molar refractivity (Wildman–Crippen MR) is 78.4 cm³/mol. The second-order valence-corrected chi connectivity index (χ2v) is 5.80. The van der Waals surface area contributed by atoms with Gasteiger partial charge in [0.25, 0.3) is 0 Å². The van der Waals surface area contributed by atoms with Crippen molar-refractivity contribution in [3.63, 3.8) is 0 Å². The molecule has 1 atom stereocenters. The molecular weight excluding hydrogens is 222 g/mol. The van der Waals surface area contributed by atoms with Crippen molar-refractivity contribution >= 4 is 5.71 Å². The van der Waals surface area contributed by atoms with Gasteiger partial charge in [-0.1, -0.05) is 69.9 Å². The number of hydrogen-bond donors (Lipinski definition) is 1. The summed E-state index contributed by atoms with van der Waals surface area (Å²) < 4.78 is 0. The summed E-state index contributed by atoms with van der Waals surface area (Å²) in [6, 6.07) is 0. The fourth-order valence-electron chi connectivity index (χ4n) is 3.03. The molecule has 18 heavy (non-hydrogen) atoms. The van der Waals surface area contributed by atoms with Gasteiger partial charge < -0.3 is 5.21 Å². The van der Waals surface area contributed by atoms with Crippen LogP contribution in [0.1, 0.15) is 90.4 Å². The van der Waals surface area contributed by atoms with Crippen LogP contribution in [0.15, 0.2) is 5.16 Å². The molecule has 0 bridgehead atoms. The van der Waals surface area contributed by atoms with E-state index in [-0.39, 0.29) is 0 Å². The lowest BCUT2D eigenvalue weighted by Gasteiger charge is -2.22. The molecular formula is C16H31NO. The maximum absolute atomic E-state index is 8.97. The number of hydrogen-bond acceptors (Lipinski definition) is 2. The van der Waals surface area contributed by atoms with Crippen LogP contribution in [0.2, 0.25) is 0 Å². The average molecular weight is 253 g/mol. The van der Waals surface area contributed by atoms with Crippen LogP contribution in [0.5, 0.6) is 0 Å². The maximum atomic E-state index is 8.97. The second kappa shape index (κ2) is 10.4. The SMILES string of the molecule is CCCCCCCCCCC1CCCC/C1=N\O. The van der Waals surface area contributed by atoms with Crippen molar-refractivity contribution in [3.8, 4) is 0 Å². The molecule has 0 radical (unpaired) electrons. The zero-order chi connectivity index (χ0) is 13.1. The molecule has 1 N–H and O–H groups in total. The van der Waals surface area contributed by atoms with E-state index in [1.54, 1.807) is 0 Å². The van der Waals surface area contributed by atoms with Gasteiger partial charge in [-0.25, -0.2) is 0 Å². The van der Waals surface area contributed by atoms with E-state index in [4.69, 9.17) is 5.21 Å². The molecule has 1 aliphatic rings. The van der Waals surface area contributed by atoms with Crippen LogP contribution in [-0.2, 0) is 0 Å². The standard InChI is InChI=1S/C16H31NO/c1-2-3-4-5-6-7-8-9-12-15-13-10-11-14-16(15)17-18/h15,18H,2-14H2,1H3/b17-16+. The first-order valence-electron chi connectivity index (χ1n) is 8.09. The topological polar surface area (TPSA) is 32.6 Å². The first-order chi connectivity index (χ1) is 8.88. The number of rotatable bonds is 9. The molecule has 0 aromatic carbocycles. The van der Waals surface area contributed by atoms with Crippen LogP contribution in [0.25, 0.3) is 0 Å². The van der Waals surface area contributed by atoms with Crippen molar-refractivity contribution in [1.82, 2.24) is 0 Å². The van der Waals surface area contributed by atoms with E-state index in [0.717, 1.165) is 12.1 Å². The molecule has 0 aromatic rings. The number of oxime groups is 1. The lowest BCUT2D eigenvalue weighted by molar-refractivity contribution is 0.307. The molecule has 0 saturated heterocycles. The summed E-state index contributed by atoms with van der Waals surface area (Å²) in [5, 5.41) is 12.5. The van der Waals surface area contributed by atoms with Crippen LogP contribution >= 0.6 is 0 Å². The monoisotopic (exact) mass is 253 g/mol. The molecule has 1 fully saturated rings. The van der Waals surface area contributed by atoms with Gasteiger partial charge in [0.05, 0.1) is 5.71 Å². The highest BCUT2D eigenvalue weighted by Crippen LogP contribution is 2.26. The summed E-state index contributed by atoms with van der Waals surface area (Å²) in [6.07, 6.45) is 17.1. The van der Waals surface area contributed by atoms with Crippen molar-refractivity contribution in [1.29, 1.82) is 0 Å². The third-order valence-electron chi connectivity index (χ3n) is 4.24. The molecule has 1 unspecified atom stereocenters. The summed E-state index contributed by atoms with van der Waals surface area (Å²) in [7, 11) is 0. The molecule has 0 aromatic heterocycles. The molecule has 0 spiro atoms. The van der Waals surface area contributed by atoms with E-state index in [1.807, 2.05) is 0 Å². The Hall–Kier alpha value is -0.530. The lowest BCUT2D eigenvalue weighted by Crippen LogP contribution is -2.19. The Morgan fingerprint density at radius 1 is 1.00 bits per heavy atom. The predicted octanol–water partition coefficient (Wildman–Crippen LogP) is 5.54. The summed E-state index contributed by atoms with van der Waals surface area (Å²) >= 11 is 0. The summed E-state index contributed by atoms with van der Waals surface area (Å²) in [4.78, 5) is 0. The molecule has 0 aliphatic heterocycles. The Balaban J connectivity index is 1.96. The van der Waals surface area contributed by atoms with Crippen molar-refractivity contribution in [3.05, 3.63) is 0 Å². The van der Waals surface area contributed by atoms with E-state index < -0.39 is 0 Å². The normalized spacial score (nSPS) is 22.5. The highest BCUT2D eigenvalue weighted by Gasteiger charge is 2.20. The van der Waals surface area contributed by atoms with E-state index in [2.05, 4.69) is 12.1 Å². The molecule has 1 aliphatic carbocycles. The maximum Gasteiger partial charge on any atom is 0.0601 e. The van der Waals surface area contributed by atoms with Crippen LogP contribution in [0.4, 0.5) is 0 Å². The van der Waals surface area contributed by atoms with Gasteiger partial charge in [0.15, 0.2) is 0 Å². The third-order valence-corrected chi connectivity index (χ3v) is 4.24. The Morgan fingerprint density at radius 2 is 1.67 bits per heavy atom. The van der Waals surface area contributed by atoms with Crippen molar-refractivity contribution < 1.29 is 5.21 Å². The Labute approximate surface area is 113 Å². The van der Waals surface area contributed by atoms with Gasteiger partial charge in [0.1, 0.15) is 0 Å². The number of nitrogens with zero attached hydrogens (tertiary/aromatic N) is 1. The van der Waals surface area contributed by atoms with Crippen molar-refractivity contribution in [2.24, 2.45) is 11.1 Å². The van der Waals surface area contributed by atoms with Gasteiger partial charge in [-0.05, 0) is 25.7 Å². The van der Waals surface area contributed by atoms with Gasteiger partial charge in [-0.15, -0.1) is 0 Å². The minimum atomic E-state index is 0.587. The lowest BCUT2D eigenvalue weighted by atomic mass is 9.84. The van der Waals surface area contributed by atoms with Crippen LogP contribution < -0.4 is 0 Å². The third kappa shape index (κ3) is 6.42. The summed E-state index contributed by atoms with van der Waals surface area (Å²) in [5.41, 5.74) is 1.07.